The Bertz CT molecular complexity index is 391. The molecule has 0 N–H and O–H groups in total. The van der Waals surface area contributed by atoms with Crippen LogP contribution in [0.4, 0.5) is 0 Å². The Morgan fingerprint density at radius 2 is 0.957 bits per heavy atom. The molecule has 0 fully saturated rings. The molecular weight excluding hydrogens is 464 g/mol. The van der Waals surface area contributed by atoms with E-state index in [1.54, 1.807) is 12.2 Å². The summed E-state index contributed by atoms with van der Waals surface area (Å²) in [4.78, 5) is 20.0. The molecule has 0 amide bonds. The quantitative estimate of drug-likeness (QED) is 0.243. The van der Waals surface area contributed by atoms with Crippen LogP contribution in [-0.2, 0) is 29.7 Å². The summed E-state index contributed by atoms with van der Waals surface area (Å²) in [6.45, 7) is 12.3. The first-order valence-corrected chi connectivity index (χ1v) is 7.82. The van der Waals surface area contributed by atoms with Gasteiger partial charge in [-0.3, -0.25) is 9.59 Å². The minimum absolute atomic E-state index is 0. The molecule has 0 heterocycles. The molecule has 0 aromatic carbocycles. The number of allylic oxidation sites excluding steroid dienone is 8. The van der Waals surface area contributed by atoms with E-state index in [2.05, 4.69) is 39.8 Å². The van der Waals surface area contributed by atoms with E-state index in [0.29, 0.717) is 0 Å². The molecule has 0 spiro atoms. The van der Waals surface area contributed by atoms with E-state index in [1.165, 1.54) is 11.1 Å². The minimum Gasteiger partial charge on any atom is -0.299 e. The molecule has 0 atom stereocenters. The molecule has 23 heavy (non-hydrogen) atoms. The maximum atomic E-state index is 10.0. The molecule has 0 rings (SSSR count). The summed E-state index contributed by atoms with van der Waals surface area (Å²) in [6.07, 6.45) is 13.4. The van der Waals surface area contributed by atoms with Crippen molar-refractivity contribution >= 4 is 12.6 Å². The van der Waals surface area contributed by atoms with Gasteiger partial charge in [0.1, 0.15) is 12.6 Å². The van der Waals surface area contributed by atoms with Gasteiger partial charge in [-0.1, -0.05) is 34.4 Å². The summed E-state index contributed by atoms with van der Waals surface area (Å²) < 4.78 is 0. The largest absolute Gasteiger partial charge is 0.299 e. The average molecular weight is 497 g/mol. The fourth-order valence-electron chi connectivity index (χ4n) is 1.58. The monoisotopic (exact) mass is 497 g/mol. The van der Waals surface area contributed by atoms with Gasteiger partial charge in [0.15, 0.2) is 0 Å². The average Bonchev–Trinajstić information content (AvgIpc) is 2.39. The van der Waals surface area contributed by atoms with Gasteiger partial charge in [-0.15, -0.1) is 0 Å². The normalized spacial score (nSPS) is 10.5. The Morgan fingerprint density at radius 1 is 0.652 bits per heavy atom. The Morgan fingerprint density at radius 3 is 1.17 bits per heavy atom. The van der Waals surface area contributed by atoms with Crippen molar-refractivity contribution in [2.75, 3.05) is 0 Å². The van der Waals surface area contributed by atoms with E-state index in [1.807, 2.05) is 13.8 Å². The van der Waals surface area contributed by atoms with Crippen molar-refractivity contribution in [2.24, 2.45) is 0 Å². The summed E-state index contributed by atoms with van der Waals surface area (Å²) in [5.41, 5.74) is 4.97. The third-order valence-corrected chi connectivity index (χ3v) is 2.89. The second-order valence-corrected chi connectivity index (χ2v) is 5.94. The third kappa shape index (κ3) is 26.2. The van der Waals surface area contributed by atoms with Crippen LogP contribution >= 0.6 is 0 Å². The molecule has 3 heteroatoms. The number of hydrogen-bond acceptors (Lipinski definition) is 2. The molecule has 0 aliphatic carbocycles. The van der Waals surface area contributed by atoms with E-state index in [9.17, 15) is 9.59 Å². The molecule has 0 aliphatic rings. The zero-order valence-corrected chi connectivity index (χ0v) is 17.8. The van der Waals surface area contributed by atoms with Crippen LogP contribution in [0.3, 0.4) is 0 Å². The van der Waals surface area contributed by atoms with E-state index in [-0.39, 0.29) is 20.1 Å². The summed E-state index contributed by atoms with van der Waals surface area (Å²) in [5, 5.41) is 0. The van der Waals surface area contributed by atoms with Crippen LogP contribution in [0.2, 0.25) is 0 Å². The van der Waals surface area contributed by atoms with Crippen molar-refractivity contribution in [3.05, 3.63) is 46.6 Å². The molecule has 0 aliphatic heterocycles. The smallest absolute Gasteiger partial charge is 0.142 e. The maximum absolute atomic E-state index is 10.0. The van der Waals surface area contributed by atoms with Gasteiger partial charge in [-0.05, 0) is 79.4 Å². The number of aldehydes is 2. The Hall–Kier alpha value is -1.05. The maximum Gasteiger partial charge on any atom is 0.142 e. The van der Waals surface area contributed by atoms with Crippen molar-refractivity contribution in [2.45, 2.75) is 67.2 Å². The summed E-state index contributed by atoms with van der Waals surface area (Å²) in [6, 6.07) is 0. The number of hydrogen-bond donors (Lipinski definition) is 0. The molecule has 0 bridgehead atoms. The SMILES string of the molecule is CC(C)=CCC/C(C)=C\C=O.CC(C)=CCC/C(C)=C\C=O.[Ir]. The zero-order chi connectivity index (χ0) is 17.4. The minimum atomic E-state index is 0. The summed E-state index contributed by atoms with van der Waals surface area (Å²) in [5.74, 6) is 0. The fraction of sp³-hybridized carbons (Fsp3) is 0.500. The first-order chi connectivity index (χ1) is 10.3. The number of carbonyl (C=O) groups is 2. The van der Waals surface area contributed by atoms with Gasteiger partial charge < -0.3 is 0 Å². The standard InChI is InChI=1S/2C10H16O.Ir/c2*1-9(2)5-4-6-10(3)7-8-11;/h2*5,7-8H,4,6H2,1-3H3;/b2*10-7-;. The summed E-state index contributed by atoms with van der Waals surface area (Å²) >= 11 is 0. The third-order valence-electron chi connectivity index (χ3n) is 2.89. The van der Waals surface area contributed by atoms with Crippen molar-refractivity contribution in [1.82, 2.24) is 0 Å². The van der Waals surface area contributed by atoms with Crippen LogP contribution in [0.25, 0.3) is 0 Å². The molecule has 133 valence electrons. The Kier molecular flexibility index (Phi) is 22.2. The van der Waals surface area contributed by atoms with Gasteiger partial charge in [-0.2, -0.15) is 0 Å². The van der Waals surface area contributed by atoms with E-state index >= 15 is 0 Å². The van der Waals surface area contributed by atoms with Crippen LogP contribution in [0.1, 0.15) is 67.2 Å². The topological polar surface area (TPSA) is 34.1 Å². The first-order valence-electron chi connectivity index (χ1n) is 7.82. The fourth-order valence-corrected chi connectivity index (χ4v) is 1.58. The Labute approximate surface area is 156 Å². The molecule has 0 aromatic rings. The number of carbonyl (C=O) groups excluding carboxylic acids is 2. The second kappa shape index (κ2) is 19.0. The summed E-state index contributed by atoms with van der Waals surface area (Å²) in [7, 11) is 0. The predicted octanol–water partition coefficient (Wildman–Crippen LogP) is 5.75. The zero-order valence-electron chi connectivity index (χ0n) is 15.4. The van der Waals surface area contributed by atoms with Gasteiger partial charge in [0.25, 0.3) is 0 Å². The molecule has 0 saturated heterocycles. The van der Waals surface area contributed by atoms with Gasteiger partial charge in [0, 0.05) is 20.1 Å². The van der Waals surface area contributed by atoms with E-state index in [4.69, 9.17) is 0 Å². The first kappa shape index (κ1) is 26.8. The van der Waals surface area contributed by atoms with Gasteiger partial charge in [-0.25, -0.2) is 0 Å². The molecule has 0 unspecified atom stereocenters. The predicted molar refractivity (Wildman–Crippen MR) is 97.0 cm³/mol. The van der Waals surface area contributed by atoms with Crippen molar-refractivity contribution in [3.63, 3.8) is 0 Å². The van der Waals surface area contributed by atoms with Crippen LogP contribution < -0.4 is 0 Å². The van der Waals surface area contributed by atoms with Crippen molar-refractivity contribution < 1.29 is 29.7 Å². The van der Waals surface area contributed by atoms with Crippen LogP contribution in [0.15, 0.2) is 46.6 Å². The molecule has 1 radical (unpaired) electrons. The second-order valence-electron chi connectivity index (χ2n) is 5.94. The van der Waals surface area contributed by atoms with E-state index in [0.717, 1.165) is 49.4 Å². The number of rotatable bonds is 8. The van der Waals surface area contributed by atoms with Gasteiger partial charge in [0.2, 0.25) is 0 Å². The van der Waals surface area contributed by atoms with Gasteiger partial charge in [0.05, 0.1) is 0 Å². The van der Waals surface area contributed by atoms with Crippen LogP contribution in [0, 0.1) is 0 Å². The van der Waals surface area contributed by atoms with Crippen molar-refractivity contribution in [3.8, 4) is 0 Å². The van der Waals surface area contributed by atoms with Crippen LogP contribution in [-0.4, -0.2) is 12.6 Å². The Balaban J connectivity index is -0.000000333. The van der Waals surface area contributed by atoms with E-state index < -0.39 is 0 Å². The van der Waals surface area contributed by atoms with Crippen LogP contribution in [0.5, 0.6) is 0 Å². The molecule has 0 saturated carbocycles. The molecule has 2 nitrogen and oxygen atoms in total. The van der Waals surface area contributed by atoms with Crippen molar-refractivity contribution in [1.29, 1.82) is 0 Å². The van der Waals surface area contributed by atoms with Gasteiger partial charge >= 0.3 is 0 Å². The molecular formula is C20H32IrO2. The molecule has 0 aromatic heterocycles.